The second-order valence-electron chi connectivity index (χ2n) is 5.80. The molecule has 2 aromatic rings. The third-order valence-electron chi connectivity index (χ3n) is 4.28. The summed E-state index contributed by atoms with van der Waals surface area (Å²) in [6, 6.07) is 17.2. The van der Waals surface area contributed by atoms with Crippen LogP contribution in [0.4, 0.5) is 0 Å². The van der Waals surface area contributed by atoms with Gasteiger partial charge in [-0.05, 0) is 37.0 Å². The van der Waals surface area contributed by atoms with Crippen molar-refractivity contribution in [2.24, 2.45) is 0 Å². The molecule has 2 aromatic carbocycles. The minimum atomic E-state index is -0.467. The van der Waals surface area contributed by atoms with E-state index < -0.39 is 5.60 Å². The molecule has 0 spiro atoms. The lowest BCUT2D eigenvalue weighted by molar-refractivity contribution is -0.0106. The predicted molar refractivity (Wildman–Crippen MR) is 82.8 cm³/mol. The van der Waals surface area contributed by atoms with Gasteiger partial charge in [0, 0.05) is 6.42 Å². The third-order valence-corrected chi connectivity index (χ3v) is 4.28. The topological polar surface area (TPSA) is 33.0 Å². The first kappa shape index (κ1) is 13.9. The molecule has 1 aliphatic heterocycles. The number of nitrogens with zero attached hydrogens (tertiary/aromatic N) is 1. The van der Waals surface area contributed by atoms with Gasteiger partial charge in [0.05, 0.1) is 12.7 Å². The van der Waals surface area contributed by atoms with Crippen LogP contribution in [0, 0.1) is 25.2 Å². The maximum atomic E-state index is 9.03. The summed E-state index contributed by atoms with van der Waals surface area (Å²) in [6.45, 7) is 4.80. The van der Waals surface area contributed by atoms with Crippen LogP contribution in [-0.4, -0.2) is 0 Å². The van der Waals surface area contributed by atoms with Gasteiger partial charge in [0.15, 0.2) is 0 Å². The number of fused-ring (bicyclic) bond motifs is 1. The Bertz CT molecular complexity index is 696. The molecule has 2 heteroatoms. The summed E-state index contributed by atoms with van der Waals surface area (Å²) in [4.78, 5) is 0. The Morgan fingerprint density at radius 1 is 1.10 bits per heavy atom. The zero-order valence-corrected chi connectivity index (χ0v) is 12.5. The van der Waals surface area contributed by atoms with E-state index in [1.54, 1.807) is 0 Å². The molecule has 0 amide bonds. The molecule has 0 saturated carbocycles. The van der Waals surface area contributed by atoms with E-state index in [0.29, 0.717) is 19.4 Å². The maximum absolute atomic E-state index is 9.03. The van der Waals surface area contributed by atoms with Crippen molar-refractivity contribution in [2.75, 3.05) is 0 Å². The summed E-state index contributed by atoms with van der Waals surface area (Å²) in [7, 11) is 0. The van der Waals surface area contributed by atoms with Crippen molar-refractivity contribution in [1.29, 1.82) is 5.26 Å². The fourth-order valence-corrected chi connectivity index (χ4v) is 3.12. The molecule has 0 saturated heterocycles. The Balaban J connectivity index is 2.14. The van der Waals surface area contributed by atoms with E-state index in [1.807, 2.05) is 0 Å². The molecule has 1 heterocycles. The second kappa shape index (κ2) is 5.35. The fourth-order valence-electron chi connectivity index (χ4n) is 3.12. The van der Waals surface area contributed by atoms with Crippen molar-refractivity contribution in [2.45, 2.75) is 38.9 Å². The smallest absolute Gasteiger partial charge is 0.120 e. The van der Waals surface area contributed by atoms with Crippen LogP contribution >= 0.6 is 0 Å². The molecule has 1 aliphatic rings. The summed E-state index contributed by atoms with van der Waals surface area (Å²) >= 11 is 0. The normalized spacial score (nSPS) is 20.0. The Morgan fingerprint density at radius 3 is 2.52 bits per heavy atom. The van der Waals surface area contributed by atoms with E-state index >= 15 is 0 Å². The molecular weight excluding hydrogens is 258 g/mol. The van der Waals surface area contributed by atoms with Gasteiger partial charge in [0.2, 0.25) is 0 Å². The minimum Gasteiger partial charge on any atom is -0.361 e. The summed E-state index contributed by atoms with van der Waals surface area (Å²) in [5, 5.41) is 9.03. The summed E-state index contributed by atoms with van der Waals surface area (Å²) < 4.78 is 6.24. The van der Waals surface area contributed by atoms with E-state index in [9.17, 15) is 0 Å². The van der Waals surface area contributed by atoms with Crippen molar-refractivity contribution in [3.05, 3.63) is 70.3 Å². The second-order valence-corrected chi connectivity index (χ2v) is 5.80. The molecule has 0 N–H and O–H groups in total. The van der Waals surface area contributed by atoms with Crippen LogP contribution in [0.25, 0.3) is 0 Å². The van der Waals surface area contributed by atoms with Gasteiger partial charge in [-0.15, -0.1) is 0 Å². The Labute approximate surface area is 126 Å². The van der Waals surface area contributed by atoms with Crippen LogP contribution in [0.2, 0.25) is 0 Å². The summed E-state index contributed by atoms with van der Waals surface area (Å²) in [5.74, 6) is 0. The molecule has 0 aliphatic carbocycles. The molecule has 1 atom stereocenters. The number of rotatable bonds is 3. The van der Waals surface area contributed by atoms with Crippen molar-refractivity contribution < 1.29 is 4.74 Å². The lowest BCUT2D eigenvalue weighted by Crippen LogP contribution is -2.27. The number of benzene rings is 2. The Hall–Kier alpha value is -2.11. The van der Waals surface area contributed by atoms with Gasteiger partial charge in [0.1, 0.15) is 5.60 Å². The highest BCUT2D eigenvalue weighted by atomic mass is 16.5. The Kier molecular flexibility index (Phi) is 3.53. The first-order chi connectivity index (χ1) is 10.2. The van der Waals surface area contributed by atoms with Crippen LogP contribution in [0.3, 0.4) is 0 Å². The largest absolute Gasteiger partial charge is 0.361 e. The number of aryl methyl sites for hydroxylation is 2. The molecule has 0 fully saturated rings. The highest BCUT2D eigenvalue weighted by molar-refractivity contribution is 5.46. The quantitative estimate of drug-likeness (QED) is 0.834. The maximum Gasteiger partial charge on any atom is 0.120 e. The summed E-state index contributed by atoms with van der Waals surface area (Å²) in [5.41, 5.74) is 5.60. The molecular formula is C19H19NO. The van der Waals surface area contributed by atoms with Crippen LogP contribution in [0.1, 0.15) is 40.7 Å². The Morgan fingerprint density at radius 2 is 1.81 bits per heavy atom. The standard InChI is InChI=1S/C19H19NO/c1-14-5-8-17(9-6-14)19(10-3-11-20)18-12-15(2)4-7-16(18)13-21-19/h4-9,12H,3,10,13H2,1-2H3. The van der Waals surface area contributed by atoms with Gasteiger partial charge in [-0.1, -0.05) is 53.6 Å². The van der Waals surface area contributed by atoms with Crippen molar-refractivity contribution in [3.8, 4) is 6.07 Å². The number of nitriles is 1. The molecule has 0 aromatic heterocycles. The van der Waals surface area contributed by atoms with Crippen molar-refractivity contribution in [1.82, 2.24) is 0 Å². The van der Waals surface area contributed by atoms with Gasteiger partial charge in [-0.3, -0.25) is 0 Å². The fraction of sp³-hybridized carbons (Fsp3) is 0.316. The number of hydrogen-bond donors (Lipinski definition) is 0. The third kappa shape index (κ3) is 2.34. The first-order valence-electron chi connectivity index (χ1n) is 7.34. The molecule has 0 radical (unpaired) electrons. The van der Waals surface area contributed by atoms with Crippen LogP contribution in [0.15, 0.2) is 42.5 Å². The summed E-state index contributed by atoms with van der Waals surface area (Å²) in [6.07, 6.45) is 1.18. The van der Waals surface area contributed by atoms with Gasteiger partial charge in [0.25, 0.3) is 0 Å². The van der Waals surface area contributed by atoms with E-state index in [1.165, 1.54) is 22.3 Å². The van der Waals surface area contributed by atoms with Crippen LogP contribution < -0.4 is 0 Å². The zero-order chi connectivity index (χ0) is 14.9. The lowest BCUT2D eigenvalue weighted by Gasteiger charge is -2.30. The lowest BCUT2D eigenvalue weighted by atomic mass is 9.81. The molecule has 106 valence electrons. The van der Waals surface area contributed by atoms with E-state index in [0.717, 1.165) is 5.56 Å². The van der Waals surface area contributed by atoms with Gasteiger partial charge < -0.3 is 4.74 Å². The van der Waals surface area contributed by atoms with Crippen LogP contribution in [0.5, 0.6) is 0 Å². The molecule has 1 unspecified atom stereocenters. The first-order valence-corrected chi connectivity index (χ1v) is 7.34. The van der Waals surface area contributed by atoms with Gasteiger partial charge in [-0.25, -0.2) is 0 Å². The van der Waals surface area contributed by atoms with Gasteiger partial charge >= 0.3 is 0 Å². The molecule has 2 nitrogen and oxygen atoms in total. The van der Waals surface area contributed by atoms with E-state index in [-0.39, 0.29) is 0 Å². The highest BCUT2D eigenvalue weighted by Crippen LogP contribution is 2.45. The van der Waals surface area contributed by atoms with E-state index in [4.69, 9.17) is 10.00 Å². The van der Waals surface area contributed by atoms with Crippen molar-refractivity contribution in [3.63, 3.8) is 0 Å². The monoisotopic (exact) mass is 277 g/mol. The molecule has 3 rings (SSSR count). The van der Waals surface area contributed by atoms with E-state index in [2.05, 4.69) is 62.4 Å². The number of ether oxygens (including phenoxy) is 1. The average molecular weight is 277 g/mol. The van der Waals surface area contributed by atoms with Crippen molar-refractivity contribution >= 4 is 0 Å². The average Bonchev–Trinajstić information content (AvgIpc) is 2.85. The minimum absolute atomic E-state index is 0.467. The molecule has 21 heavy (non-hydrogen) atoms. The van der Waals surface area contributed by atoms with Crippen LogP contribution in [-0.2, 0) is 16.9 Å². The SMILES string of the molecule is Cc1ccc(C2(CCC#N)OCc3ccc(C)cc32)cc1. The highest BCUT2D eigenvalue weighted by Gasteiger charge is 2.41. The zero-order valence-electron chi connectivity index (χ0n) is 12.5. The molecule has 0 bridgehead atoms. The van der Waals surface area contributed by atoms with Gasteiger partial charge in [-0.2, -0.15) is 5.26 Å². The predicted octanol–water partition coefficient (Wildman–Crippen LogP) is 4.38. The number of hydrogen-bond acceptors (Lipinski definition) is 2.